The van der Waals surface area contributed by atoms with E-state index in [1.807, 2.05) is 11.7 Å². The molecule has 0 aromatic carbocycles. The third kappa shape index (κ3) is 2.75. The van der Waals surface area contributed by atoms with Gasteiger partial charge in [-0.25, -0.2) is 0 Å². The van der Waals surface area contributed by atoms with Gasteiger partial charge in [-0.2, -0.15) is 5.10 Å². The summed E-state index contributed by atoms with van der Waals surface area (Å²) in [7, 11) is 2.00. The maximum Gasteiger partial charge on any atom is 0.0670 e. The number of nitrogens with two attached hydrogens (primary N) is 1. The van der Waals surface area contributed by atoms with Crippen LogP contribution < -0.4 is 5.73 Å². The van der Waals surface area contributed by atoms with Crippen LogP contribution in [0.5, 0.6) is 0 Å². The summed E-state index contributed by atoms with van der Waals surface area (Å²) >= 11 is 0. The zero-order valence-corrected chi connectivity index (χ0v) is 11.9. The van der Waals surface area contributed by atoms with E-state index in [1.54, 1.807) is 0 Å². The average molecular weight is 250 g/mol. The summed E-state index contributed by atoms with van der Waals surface area (Å²) in [5.41, 5.74) is 8.57. The topological polar surface area (TPSA) is 47.1 Å². The highest BCUT2D eigenvalue weighted by Gasteiger charge is 2.26. The predicted molar refractivity (Wildman–Crippen MR) is 74.4 cm³/mol. The molecule has 0 spiro atoms. The van der Waals surface area contributed by atoms with Crippen molar-refractivity contribution >= 4 is 0 Å². The van der Waals surface area contributed by atoms with Gasteiger partial charge in [0.1, 0.15) is 0 Å². The van der Waals surface area contributed by atoms with Crippen molar-refractivity contribution < 1.29 is 0 Å². The Bertz CT molecular complexity index is 385. The molecule has 4 nitrogen and oxygen atoms in total. The van der Waals surface area contributed by atoms with Gasteiger partial charge in [0.25, 0.3) is 0 Å². The number of hydrogen-bond donors (Lipinski definition) is 1. The Balaban J connectivity index is 2.21. The lowest BCUT2D eigenvalue weighted by Gasteiger charge is -2.36. The van der Waals surface area contributed by atoms with E-state index in [9.17, 15) is 0 Å². The molecule has 0 bridgehead atoms. The fourth-order valence-corrected chi connectivity index (χ4v) is 3.09. The lowest BCUT2D eigenvalue weighted by molar-refractivity contribution is 0.132. The third-order valence-electron chi connectivity index (χ3n) is 3.98. The first-order chi connectivity index (χ1) is 8.65. The monoisotopic (exact) mass is 250 g/mol. The van der Waals surface area contributed by atoms with E-state index >= 15 is 0 Å². The Kier molecular flexibility index (Phi) is 4.40. The zero-order valence-electron chi connectivity index (χ0n) is 11.9. The van der Waals surface area contributed by atoms with Crippen molar-refractivity contribution in [2.75, 3.05) is 19.6 Å². The van der Waals surface area contributed by atoms with Gasteiger partial charge >= 0.3 is 0 Å². The van der Waals surface area contributed by atoms with Crippen LogP contribution in [0.3, 0.4) is 0 Å². The van der Waals surface area contributed by atoms with Crippen molar-refractivity contribution in [1.29, 1.82) is 0 Å². The van der Waals surface area contributed by atoms with Gasteiger partial charge in [0, 0.05) is 31.9 Å². The molecule has 2 N–H and O–H groups in total. The fraction of sp³-hybridized carbons (Fsp3) is 0.786. The van der Waals surface area contributed by atoms with Gasteiger partial charge in [-0.1, -0.05) is 13.8 Å². The fourth-order valence-electron chi connectivity index (χ4n) is 3.09. The predicted octanol–water partition coefficient (Wildman–Crippen LogP) is 1.71. The Morgan fingerprint density at radius 2 is 2.33 bits per heavy atom. The highest BCUT2D eigenvalue weighted by Crippen LogP contribution is 2.27. The maximum absolute atomic E-state index is 6.04. The molecule has 2 heterocycles. The summed E-state index contributed by atoms with van der Waals surface area (Å²) in [6, 6.07) is 0.344. The first-order valence-corrected chi connectivity index (χ1v) is 7.12. The van der Waals surface area contributed by atoms with Gasteiger partial charge in [0.05, 0.1) is 11.7 Å². The second-order valence-electron chi connectivity index (χ2n) is 5.55. The second kappa shape index (κ2) is 5.85. The Morgan fingerprint density at radius 1 is 1.56 bits per heavy atom. The van der Waals surface area contributed by atoms with Crippen LogP contribution in [0.2, 0.25) is 0 Å². The number of aryl methyl sites for hydroxylation is 2. The number of rotatable bonds is 4. The van der Waals surface area contributed by atoms with Crippen LogP contribution in [0.25, 0.3) is 0 Å². The first-order valence-electron chi connectivity index (χ1n) is 7.12. The smallest absolute Gasteiger partial charge is 0.0670 e. The zero-order chi connectivity index (χ0) is 13.1. The molecule has 1 aliphatic heterocycles. The molecule has 1 saturated heterocycles. The van der Waals surface area contributed by atoms with E-state index in [-0.39, 0.29) is 0 Å². The molecule has 0 aliphatic carbocycles. The molecule has 0 amide bonds. The lowest BCUT2D eigenvalue weighted by Crippen LogP contribution is -2.40. The minimum absolute atomic E-state index is 0.344. The van der Waals surface area contributed by atoms with Crippen molar-refractivity contribution in [2.45, 2.75) is 39.2 Å². The number of aromatic nitrogens is 2. The third-order valence-corrected chi connectivity index (χ3v) is 3.98. The van der Waals surface area contributed by atoms with Crippen molar-refractivity contribution in [3.05, 3.63) is 17.5 Å². The number of likely N-dealkylation sites (tertiary alicyclic amines) is 1. The van der Waals surface area contributed by atoms with Crippen molar-refractivity contribution in [3.63, 3.8) is 0 Å². The van der Waals surface area contributed by atoms with Gasteiger partial charge < -0.3 is 5.73 Å². The summed E-state index contributed by atoms with van der Waals surface area (Å²) in [6.45, 7) is 7.53. The second-order valence-corrected chi connectivity index (χ2v) is 5.55. The van der Waals surface area contributed by atoms with E-state index in [0.717, 1.165) is 12.3 Å². The van der Waals surface area contributed by atoms with E-state index in [0.29, 0.717) is 12.6 Å². The molecule has 4 heteroatoms. The standard InChI is InChI=1S/C14H26N4/c1-4-13-12(10-17(3)16-13)14(8-15)18-7-5-6-11(2)9-18/h10-11,14H,4-9,15H2,1-3H3. The maximum atomic E-state index is 6.04. The summed E-state index contributed by atoms with van der Waals surface area (Å²) in [4.78, 5) is 2.55. The van der Waals surface area contributed by atoms with Crippen LogP contribution in [0.1, 0.15) is 44.0 Å². The van der Waals surface area contributed by atoms with Crippen LogP contribution in [0.15, 0.2) is 6.20 Å². The van der Waals surface area contributed by atoms with Crippen molar-refractivity contribution in [2.24, 2.45) is 18.7 Å². The molecule has 1 aliphatic rings. The highest BCUT2D eigenvalue weighted by atomic mass is 15.3. The molecule has 1 aromatic rings. The van der Waals surface area contributed by atoms with Crippen molar-refractivity contribution in [3.8, 4) is 0 Å². The van der Waals surface area contributed by atoms with Crippen LogP contribution in [-0.4, -0.2) is 34.3 Å². The molecule has 2 unspecified atom stereocenters. The summed E-state index contributed by atoms with van der Waals surface area (Å²) in [5.74, 6) is 0.787. The molecule has 18 heavy (non-hydrogen) atoms. The summed E-state index contributed by atoms with van der Waals surface area (Å²) in [6.07, 6.45) is 5.77. The SMILES string of the molecule is CCc1nn(C)cc1C(CN)N1CCCC(C)C1. The summed E-state index contributed by atoms with van der Waals surface area (Å²) < 4.78 is 1.92. The Morgan fingerprint density at radius 3 is 2.94 bits per heavy atom. The van der Waals surface area contributed by atoms with E-state index in [4.69, 9.17) is 5.73 Å². The largest absolute Gasteiger partial charge is 0.329 e. The van der Waals surface area contributed by atoms with Crippen LogP contribution >= 0.6 is 0 Å². The molecular formula is C14H26N4. The lowest BCUT2D eigenvalue weighted by atomic mass is 9.96. The van der Waals surface area contributed by atoms with E-state index < -0.39 is 0 Å². The Hall–Kier alpha value is -0.870. The summed E-state index contributed by atoms with van der Waals surface area (Å²) in [5, 5.41) is 4.55. The minimum Gasteiger partial charge on any atom is -0.329 e. The normalized spacial score (nSPS) is 23.2. The van der Waals surface area contributed by atoms with Gasteiger partial charge in [0.15, 0.2) is 0 Å². The van der Waals surface area contributed by atoms with Crippen LogP contribution in [0.4, 0.5) is 0 Å². The quantitative estimate of drug-likeness (QED) is 0.885. The van der Waals surface area contributed by atoms with Gasteiger partial charge in [0.2, 0.25) is 0 Å². The van der Waals surface area contributed by atoms with Gasteiger partial charge in [-0.15, -0.1) is 0 Å². The van der Waals surface area contributed by atoms with Gasteiger partial charge in [-0.3, -0.25) is 9.58 Å². The Labute approximate surface area is 110 Å². The first kappa shape index (κ1) is 13.6. The number of piperidine rings is 1. The molecule has 102 valence electrons. The molecule has 1 aromatic heterocycles. The van der Waals surface area contributed by atoms with Crippen molar-refractivity contribution in [1.82, 2.24) is 14.7 Å². The minimum atomic E-state index is 0.344. The number of hydrogen-bond acceptors (Lipinski definition) is 3. The average Bonchev–Trinajstić information content (AvgIpc) is 2.71. The van der Waals surface area contributed by atoms with E-state index in [1.165, 1.54) is 37.2 Å². The van der Waals surface area contributed by atoms with Gasteiger partial charge in [-0.05, 0) is 31.7 Å². The van der Waals surface area contributed by atoms with Crippen LogP contribution in [0, 0.1) is 5.92 Å². The highest BCUT2D eigenvalue weighted by molar-refractivity contribution is 5.22. The van der Waals surface area contributed by atoms with Crippen LogP contribution in [-0.2, 0) is 13.5 Å². The molecule has 0 radical (unpaired) electrons. The molecule has 2 rings (SSSR count). The van der Waals surface area contributed by atoms with E-state index in [2.05, 4.69) is 30.0 Å². The molecule has 2 atom stereocenters. The molecule has 0 saturated carbocycles. The molecule has 1 fully saturated rings. The molecular weight excluding hydrogens is 224 g/mol. The number of nitrogens with zero attached hydrogens (tertiary/aromatic N) is 3.